The minimum atomic E-state index is -0.864. The predicted octanol–water partition coefficient (Wildman–Crippen LogP) is 5.35. The normalized spacial score (nSPS) is 13.4. The van der Waals surface area contributed by atoms with Crippen molar-refractivity contribution in [3.63, 3.8) is 0 Å². The van der Waals surface area contributed by atoms with Crippen molar-refractivity contribution >= 4 is 40.5 Å². The van der Waals surface area contributed by atoms with Crippen LogP contribution in [0.25, 0.3) is 16.9 Å². The van der Waals surface area contributed by atoms with Crippen molar-refractivity contribution in [3.8, 4) is 16.9 Å². The summed E-state index contributed by atoms with van der Waals surface area (Å²) in [4.78, 5) is 36.2. The van der Waals surface area contributed by atoms with E-state index in [2.05, 4.69) is 26.2 Å². The molecule has 10 nitrogen and oxygen atoms in total. The quantitative estimate of drug-likeness (QED) is 0.203. The second-order valence-electron chi connectivity index (χ2n) is 9.85. The van der Waals surface area contributed by atoms with Gasteiger partial charge >= 0.3 is 0 Å². The van der Waals surface area contributed by atoms with Gasteiger partial charge in [0.25, 0.3) is 5.56 Å². The zero-order valence-corrected chi connectivity index (χ0v) is 24.4. The van der Waals surface area contributed by atoms with Crippen molar-refractivity contribution in [2.24, 2.45) is 0 Å². The summed E-state index contributed by atoms with van der Waals surface area (Å²) < 4.78 is 3.30. The SMILES string of the molecule is Cc1nccn1-c1ccc(NC(=O)[C@H](Cc2ccccc2)n2cnc(-c3cc(Cl)ccc3N3C=C(Cl)NN3)cc2=O)cc1. The molecular weight excluding hydrogens is 587 g/mol. The Hall–Kier alpha value is -4.90. The average Bonchev–Trinajstić information content (AvgIpc) is 3.64. The molecule has 43 heavy (non-hydrogen) atoms. The minimum Gasteiger partial charge on any atom is -0.324 e. The molecule has 1 aliphatic rings. The molecule has 1 amide bonds. The number of benzene rings is 3. The van der Waals surface area contributed by atoms with Crippen molar-refractivity contribution in [1.29, 1.82) is 0 Å². The number of hydrogen-bond acceptors (Lipinski definition) is 7. The Morgan fingerprint density at radius 3 is 2.47 bits per heavy atom. The lowest BCUT2D eigenvalue weighted by Gasteiger charge is -2.21. The number of nitrogens with one attached hydrogen (secondary N) is 3. The largest absolute Gasteiger partial charge is 0.324 e. The van der Waals surface area contributed by atoms with E-state index in [0.29, 0.717) is 32.8 Å². The van der Waals surface area contributed by atoms with Gasteiger partial charge in [-0.1, -0.05) is 53.5 Å². The molecule has 0 spiro atoms. The van der Waals surface area contributed by atoms with Gasteiger partial charge in [0, 0.05) is 46.8 Å². The van der Waals surface area contributed by atoms with Crippen LogP contribution in [0.2, 0.25) is 5.02 Å². The van der Waals surface area contributed by atoms with Crippen LogP contribution in [-0.2, 0) is 11.2 Å². The Morgan fingerprint density at radius 1 is 1.00 bits per heavy atom. The number of hydrogen-bond donors (Lipinski definition) is 3. The van der Waals surface area contributed by atoms with Gasteiger partial charge in [0.1, 0.15) is 17.0 Å². The van der Waals surface area contributed by atoms with E-state index in [1.54, 1.807) is 35.6 Å². The summed E-state index contributed by atoms with van der Waals surface area (Å²) in [5.74, 6) is 0.510. The molecule has 0 unspecified atom stereocenters. The standard InChI is InChI=1S/C31H26Cl2N8O2/c1-20-34-13-14-39(20)24-10-8-23(9-11-24)36-31(43)28(15-21-5-3-2-4-6-21)40-19-35-26(17-30(40)42)25-16-22(32)7-12-27(25)41-18-29(33)37-38-41/h2-14,16-19,28,37-38H,15H2,1H3,(H,36,43)/t28-/m0/s1. The molecule has 3 N–H and O–H groups in total. The number of amides is 1. The molecule has 0 fully saturated rings. The smallest absolute Gasteiger partial charge is 0.254 e. The van der Waals surface area contributed by atoms with Crippen molar-refractivity contribution in [1.82, 2.24) is 30.1 Å². The lowest BCUT2D eigenvalue weighted by Crippen LogP contribution is -2.36. The van der Waals surface area contributed by atoms with Crippen LogP contribution in [0.1, 0.15) is 17.4 Å². The molecule has 2 aromatic heterocycles. The van der Waals surface area contributed by atoms with Gasteiger partial charge in [0.2, 0.25) is 5.91 Å². The molecule has 216 valence electrons. The predicted molar refractivity (Wildman–Crippen MR) is 168 cm³/mol. The van der Waals surface area contributed by atoms with Gasteiger partial charge in [-0.25, -0.2) is 9.97 Å². The van der Waals surface area contributed by atoms with Gasteiger partial charge in [0.15, 0.2) is 0 Å². The van der Waals surface area contributed by atoms with Crippen molar-refractivity contribution in [2.75, 3.05) is 10.3 Å². The fraction of sp³-hybridized carbons (Fsp3) is 0.0968. The molecule has 3 aromatic carbocycles. The Balaban J connectivity index is 1.31. The Labute approximate surface area is 257 Å². The number of nitrogens with zero attached hydrogens (tertiary/aromatic N) is 5. The molecule has 1 aliphatic heterocycles. The van der Waals surface area contributed by atoms with Crippen molar-refractivity contribution in [3.05, 3.63) is 136 Å². The fourth-order valence-corrected chi connectivity index (χ4v) is 5.18. The second-order valence-corrected chi connectivity index (χ2v) is 10.7. The Morgan fingerprint density at radius 2 is 1.79 bits per heavy atom. The summed E-state index contributed by atoms with van der Waals surface area (Å²) in [6.07, 6.45) is 6.95. The molecule has 0 bridgehead atoms. The highest BCUT2D eigenvalue weighted by atomic mass is 35.5. The van der Waals surface area contributed by atoms with Crippen LogP contribution in [-0.4, -0.2) is 25.0 Å². The van der Waals surface area contributed by atoms with E-state index in [-0.39, 0.29) is 17.9 Å². The van der Waals surface area contributed by atoms with E-state index in [0.717, 1.165) is 17.1 Å². The van der Waals surface area contributed by atoms with E-state index < -0.39 is 6.04 Å². The highest BCUT2D eigenvalue weighted by Crippen LogP contribution is 2.32. The van der Waals surface area contributed by atoms with E-state index >= 15 is 0 Å². The number of carbonyl (C=O) groups excluding carboxylic acids is 1. The lowest BCUT2D eigenvalue weighted by atomic mass is 10.0. The summed E-state index contributed by atoms with van der Waals surface area (Å²) >= 11 is 12.4. The van der Waals surface area contributed by atoms with E-state index in [4.69, 9.17) is 23.2 Å². The highest BCUT2D eigenvalue weighted by Gasteiger charge is 2.24. The molecule has 1 atom stereocenters. The molecule has 0 saturated carbocycles. The number of hydrazine groups is 2. The molecule has 12 heteroatoms. The van der Waals surface area contributed by atoms with Crippen LogP contribution in [0.5, 0.6) is 0 Å². The van der Waals surface area contributed by atoms with Crippen LogP contribution in [0.4, 0.5) is 11.4 Å². The number of halogens is 2. The molecule has 6 rings (SSSR count). The van der Waals surface area contributed by atoms with Gasteiger partial charge < -0.3 is 9.88 Å². The first kappa shape index (κ1) is 28.2. The van der Waals surface area contributed by atoms with Crippen LogP contribution in [0, 0.1) is 6.92 Å². The van der Waals surface area contributed by atoms with Crippen molar-refractivity contribution in [2.45, 2.75) is 19.4 Å². The highest BCUT2D eigenvalue weighted by molar-refractivity contribution is 6.31. The maximum absolute atomic E-state index is 13.7. The van der Waals surface area contributed by atoms with Gasteiger partial charge in [-0.05, 0) is 55.0 Å². The summed E-state index contributed by atoms with van der Waals surface area (Å²) in [5.41, 5.74) is 9.42. The number of carbonyl (C=O) groups is 1. The molecule has 0 saturated heterocycles. The van der Waals surface area contributed by atoms with Crippen LogP contribution >= 0.6 is 23.2 Å². The fourth-order valence-electron chi connectivity index (χ4n) is 4.87. The first-order valence-electron chi connectivity index (χ1n) is 13.4. The molecule has 3 heterocycles. The van der Waals surface area contributed by atoms with Crippen LogP contribution < -0.4 is 26.8 Å². The summed E-state index contributed by atoms with van der Waals surface area (Å²) in [6.45, 7) is 1.92. The van der Waals surface area contributed by atoms with E-state index in [1.807, 2.05) is 72.3 Å². The Kier molecular flexibility index (Phi) is 7.97. The number of imidazole rings is 1. The maximum atomic E-state index is 13.7. The summed E-state index contributed by atoms with van der Waals surface area (Å²) in [5, 5.41) is 5.50. The third-order valence-electron chi connectivity index (χ3n) is 7.02. The lowest BCUT2D eigenvalue weighted by molar-refractivity contribution is -0.119. The first-order valence-corrected chi connectivity index (χ1v) is 14.1. The molecule has 0 aliphatic carbocycles. The first-order chi connectivity index (χ1) is 20.9. The number of rotatable bonds is 8. The van der Waals surface area contributed by atoms with E-state index in [1.165, 1.54) is 17.0 Å². The van der Waals surface area contributed by atoms with Crippen LogP contribution in [0.15, 0.2) is 114 Å². The van der Waals surface area contributed by atoms with E-state index in [9.17, 15) is 9.59 Å². The summed E-state index contributed by atoms with van der Waals surface area (Å²) in [6, 6.07) is 22.7. The average molecular weight is 614 g/mol. The zero-order valence-electron chi connectivity index (χ0n) is 22.9. The molecular formula is C31H26Cl2N8O2. The zero-order chi connectivity index (χ0) is 29.9. The van der Waals surface area contributed by atoms with Gasteiger partial charge in [-0.2, -0.15) is 0 Å². The maximum Gasteiger partial charge on any atom is 0.254 e. The number of aryl methyl sites for hydroxylation is 1. The van der Waals surface area contributed by atoms with Gasteiger partial charge in [-0.15, -0.1) is 5.53 Å². The Bertz CT molecular complexity index is 1870. The van der Waals surface area contributed by atoms with Crippen molar-refractivity contribution < 1.29 is 4.79 Å². The monoisotopic (exact) mass is 612 g/mol. The van der Waals surface area contributed by atoms with Crippen LogP contribution in [0.3, 0.4) is 0 Å². The third-order valence-corrected chi connectivity index (χ3v) is 7.44. The molecule has 0 radical (unpaired) electrons. The topological polar surface area (TPSA) is 109 Å². The minimum absolute atomic E-state index is 0.287. The second kappa shape index (κ2) is 12.1. The summed E-state index contributed by atoms with van der Waals surface area (Å²) in [7, 11) is 0. The molecule has 5 aromatic rings. The van der Waals surface area contributed by atoms with Gasteiger partial charge in [0.05, 0.1) is 23.9 Å². The number of aromatic nitrogens is 4. The third kappa shape index (κ3) is 6.17. The number of anilines is 2. The van der Waals surface area contributed by atoms with Gasteiger partial charge in [-0.3, -0.25) is 24.6 Å².